The van der Waals surface area contributed by atoms with Crippen molar-refractivity contribution in [1.82, 2.24) is 4.98 Å². The van der Waals surface area contributed by atoms with Gasteiger partial charge < -0.3 is 9.15 Å². The van der Waals surface area contributed by atoms with Crippen molar-refractivity contribution in [3.8, 4) is 5.75 Å². The second kappa shape index (κ2) is 7.84. The van der Waals surface area contributed by atoms with Crippen LogP contribution in [0.1, 0.15) is 23.6 Å². The van der Waals surface area contributed by atoms with Crippen LogP contribution in [0.5, 0.6) is 5.75 Å². The summed E-state index contributed by atoms with van der Waals surface area (Å²) in [5.74, 6) is 0.297. The molecule has 0 saturated carbocycles. The van der Waals surface area contributed by atoms with E-state index in [1.807, 2.05) is 26.8 Å². The molecule has 0 spiro atoms. The van der Waals surface area contributed by atoms with Crippen molar-refractivity contribution in [3.05, 3.63) is 63.4 Å². The molecule has 31 heavy (non-hydrogen) atoms. The molecule has 0 saturated heterocycles. The number of carbonyl (C=O) groups excluding carboxylic acids is 1. The largest absolute Gasteiger partial charge is 0.496 e. The van der Waals surface area contributed by atoms with Gasteiger partial charge in [0.1, 0.15) is 11.3 Å². The van der Waals surface area contributed by atoms with Crippen LogP contribution in [-0.2, 0) is 4.79 Å². The van der Waals surface area contributed by atoms with E-state index in [9.17, 15) is 14.9 Å². The molecule has 0 aliphatic heterocycles. The van der Waals surface area contributed by atoms with Gasteiger partial charge in [0.05, 0.1) is 28.5 Å². The topological polar surface area (TPSA) is 108 Å². The number of rotatable bonds is 5. The Hall–Kier alpha value is -3.72. The summed E-state index contributed by atoms with van der Waals surface area (Å²) in [6.45, 7) is 5.71. The first-order valence-corrected chi connectivity index (χ1v) is 10.2. The van der Waals surface area contributed by atoms with E-state index in [2.05, 4.69) is 10.3 Å². The summed E-state index contributed by atoms with van der Waals surface area (Å²) in [6.07, 6.45) is 3.18. The standard InChI is InChI=1S/C22H19N3O5S/c1-11(15-9-16-12(2)10-30-21(16)13(3)20(15)29-4)7-19(26)24-22-23-17-6-5-14(25(27)28)8-18(17)31-22/h5-10H,1-4H3,(H,23,24,26)/b11-7+. The summed E-state index contributed by atoms with van der Waals surface area (Å²) >= 11 is 1.18. The number of anilines is 1. The highest BCUT2D eigenvalue weighted by molar-refractivity contribution is 7.22. The summed E-state index contributed by atoms with van der Waals surface area (Å²) < 4.78 is 11.9. The molecular weight excluding hydrogens is 418 g/mol. The molecule has 2 aromatic carbocycles. The Morgan fingerprint density at radius 2 is 2.10 bits per heavy atom. The second-order valence-corrected chi connectivity index (χ2v) is 8.15. The first-order valence-electron chi connectivity index (χ1n) is 9.38. The van der Waals surface area contributed by atoms with Crippen molar-refractivity contribution in [1.29, 1.82) is 0 Å². The Morgan fingerprint density at radius 1 is 1.32 bits per heavy atom. The van der Waals surface area contributed by atoms with Crippen molar-refractivity contribution in [3.63, 3.8) is 0 Å². The fourth-order valence-electron chi connectivity index (χ4n) is 3.49. The van der Waals surface area contributed by atoms with Crippen molar-refractivity contribution < 1.29 is 18.9 Å². The average molecular weight is 437 g/mol. The lowest BCUT2D eigenvalue weighted by Gasteiger charge is -2.13. The Morgan fingerprint density at radius 3 is 2.81 bits per heavy atom. The smallest absolute Gasteiger partial charge is 0.270 e. The molecule has 0 atom stereocenters. The number of thiazole rings is 1. The monoisotopic (exact) mass is 437 g/mol. The first kappa shape index (κ1) is 20.5. The van der Waals surface area contributed by atoms with E-state index < -0.39 is 4.92 Å². The molecule has 0 unspecified atom stereocenters. The number of aryl methyl sites for hydroxylation is 2. The Kier molecular flexibility index (Phi) is 5.20. The number of carbonyl (C=O) groups is 1. The van der Waals surface area contributed by atoms with E-state index in [0.717, 1.165) is 33.2 Å². The first-order chi connectivity index (χ1) is 14.8. The van der Waals surface area contributed by atoms with Crippen molar-refractivity contribution in [2.24, 2.45) is 0 Å². The SMILES string of the molecule is COc1c(/C(C)=C/C(=O)Nc2nc3ccc([N+](=O)[O-])cc3s2)cc2c(C)coc2c1C. The lowest BCUT2D eigenvalue weighted by Crippen LogP contribution is -2.08. The highest BCUT2D eigenvalue weighted by atomic mass is 32.1. The van der Waals surface area contributed by atoms with Crippen LogP contribution in [0, 0.1) is 24.0 Å². The van der Waals surface area contributed by atoms with E-state index in [1.54, 1.807) is 19.4 Å². The molecular formula is C22H19N3O5S. The Labute approximate surface area is 181 Å². The van der Waals surface area contributed by atoms with Crippen LogP contribution in [0.2, 0.25) is 0 Å². The average Bonchev–Trinajstić information content (AvgIpc) is 3.29. The molecule has 0 fully saturated rings. The normalized spacial score (nSPS) is 11.8. The van der Waals surface area contributed by atoms with Gasteiger partial charge in [0.2, 0.25) is 5.91 Å². The summed E-state index contributed by atoms with van der Waals surface area (Å²) in [6, 6.07) is 6.35. The highest BCUT2D eigenvalue weighted by Gasteiger charge is 2.17. The number of hydrogen-bond acceptors (Lipinski definition) is 7. The Bertz CT molecular complexity index is 1380. The number of aromatic nitrogens is 1. The van der Waals surface area contributed by atoms with E-state index >= 15 is 0 Å². The van der Waals surface area contributed by atoms with Gasteiger partial charge >= 0.3 is 0 Å². The number of nitrogens with zero attached hydrogens (tertiary/aromatic N) is 2. The van der Waals surface area contributed by atoms with Crippen molar-refractivity contribution >= 4 is 54.8 Å². The number of nitro benzene ring substituents is 1. The lowest BCUT2D eigenvalue weighted by molar-refractivity contribution is -0.384. The van der Waals surface area contributed by atoms with Gasteiger partial charge in [-0.15, -0.1) is 0 Å². The van der Waals surface area contributed by atoms with Crippen LogP contribution in [0.15, 0.2) is 41.0 Å². The van der Waals surface area contributed by atoms with Crippen LogP contribution in [0.25, 0.3) is 26.8 Å². The minimum absolute atomic E-state index is 0.0165. The third kappa shape index (κ3) is 3.75. The molecule has 1 amide bonds. The number of methoxy groups -OCH3 is 1. The van der Waals surface area contributed by atoms with Gasteiger partial charge in [-0.25, -0.2) is 4.98 Å². The van der Waals surface area contributed by atoms with Crippen molar-refractivity contribution in [2.45, 2.75) is 20.8 Å². The number of hydrogen-bond donors (Lipinski definition) is 1. The van der Waals surface area contributed by atoms with Crippen molar-refractivity contribution in [2.75, 3.05) is 12.4 Å². The molecule has 0 radical (unpaired) electrons. The van der Waals surface area contributed by atoms with Gasteiger partial charge in [0, 0.05) is 34.7 Å². The highest BCUT2D eigenvalue weighted by Crippen LogP contribution is 2.37. The number of amides is 1. The van der Waals surface area contributed by atoms with Crippen LogP contribution >= 0.6 is 11.3 Å². The zero-order valence-corrected chi connectivity index (χ0v) is 18.1. The van der Waals surface area contributed by atoms with E-state index in [0.29, 0.717) is 21.1 Å². The molecule has 2 aromatic heterocycles. The summed E-state index contributed by atoms with van der Waals surface area (Å²) in [4.78, 5) is 27.4. The number of allylic oxidation sites excluding steroid dienone is 1. The molecule has 1 N–H and O–H groups in total. The number of ether oxygens (including phenoxy) is 1. The molecule has 2 heterocycles. The van der Waals surface area contributed by atoms with Crippen LogP contribution in [0.3, 0.4) is 0 Å². The maximum atomic E-state index is 12.6. The van der Waals surface area contributed by atoms with Crippen LogP contribution in [0.4, 0.5) is 10.8 Å². The van der Waals surface area contributed by atoms with Gasteiger partial charge in [0.15, 0.2) is 5.13 Å². The fraction of sp³-hybridized carbons (Fsp3) is 0.182. The van der Waals surface area contributed by atoms with E-state index in [4.69, 9.17) is 9.15 Å². The summed E-state index contributed by atoms with van der Waals surface area (Å²) in [7, 11) is 1.58. The molecule has 4 aromatic rings. The van der Waals surface area contributed by atoms with Crippen LogP contribution < -0.4 is 10.1 Å². The molecule has 9 heteroatoms. The number of nitrogens with one attached hydrogen (secondary N) is 1. The van der Waals surface area contributed by atoms with Crippen LogP contribution in [-0.4, -0.2) is 22.9 Å². The zero-order valence-electron chi connectivity index (χ0n) is 17.3. The van der Waals surface area contributed by atoms with Gasteiger partial charge in [-0.2, -0.15) is 0 Å². The maximum Gasteiger partial charge on any atom is 0.270 e. The summed E-state index contributed by atoms with van der Waals surface area (Å²) in [5.41, 5.74) is 4.72. The van der Waals surface area contributed by atoms with E-state index in [-0.39, 0.29) is 11.6 Å². The third-order valence-electron chi connectivity index (χ3n) is 5.03. The number of non-ortho nitro benzene ring substituents is 1. The molecule has 0 aliphatic carbocycles. The lowest BCUT2D eigenvalue weighted by atomic mass is 9.98. The van der Waals surface area contributed by atoms with Gasteiger partial charge in [-0.1, -0.05) is 11.3 Å². The number of furan rings is 1. The number of nitro groups is 1. The Balaban J connectivity index is 1.64. The molecule has 158 valence electrons. The minimum Gasteiger partial charge on any atom is -0.496 e. The molecule has 0 aliphatic rings. The quantitative estimate of drug-likeness (QED) is 0.247. The number of fused-ring (bicyclic) bond motifs is 2. The second-order valence-electron chi connectivity index (χ2n) is 7.12. The third-order valence-corrected chi connectivity index (χ3v) is 5.96. The molecule has 8 nitrogen and oxygen atoms in total. The predicted octanol–water partition coefficient (Wildman–Crippen LogP) is 5.62. The zero-order chi connectivity index (χ0) is 22.3. The van der Waals surface area contributed by atoms with Gasteiger partial charge in [-0.3, -0.25) is 20.2 Å². The molecule has 0 bridgehead atoms. The fourth-order valence-corrected chi connectivity index (χ4v) is 4.39. The van der Waals surface area contributed by atoms with Gasteiger partial charge in [-0.05, 0) is 44.0 Å². The minimum atomic E-state index is -0.461. The number of benzene rings is 2. The predicted molar refractivity (Wildman–Crippen MR) is 121 cm³/mol. The van der Waals surface area contributed by atoms with Gasteiger partial charge in [0.25, 0.3) is 5.69 Å². The maximum absolute atomic E-state index is 12.6. The van der Waals surface area contributed by atoms with E-state index in [1.165, 1.54) is 29.5 Å². The molecule has 4 rings (SSSR count). The summed E-state index contributed by atoms with van der Waals surface area (Å²) in [5, 5.41) is 15.0.